The number of quaternary nitrogens is 1. The Balaban J connectivity index is 2.05. The van der Waals surface area contributed by atoms with Gasteiger partial charge in [-0.15, -0.1) is 11.3 Å². The number of benzene rings is 1. The molecule has 6 heteroatoms. The number of nitrogens with one attached hydrogen (secondary N) is 2. The van der Waals surface area contributed by atoms with Gasteiger partial charge in [-0.1, -0.05) is 11.6 Å². The highest BCUT2D eigenvalue weighted by Crippen LogP contribution is 2.27. The van der Waals surface area contributed by atoms with E-state index in [2.05, 4.69) is 23.7 Å². The molecule has 124 valence electrons. The van der Waals surface area contributed by atoms with Crippen LogP contribution in [0.2, 0.25) is 5.02 Å². The summed E-state index contributed by atoms with van der Waals surface area (Å²) in [6.45, 7) is 4.84. The quantitative estimate of drug-likeness (QED) is 0.838. The Morgan fingerprint density at radius 2 is 2.17 bits per heavy atom. The summed E-state index contributed by atoms with van der Waals surface area (Å²) < 4.78 is 5.26. The lowest BCUT2D eigenvalue weighted by Crippen LogP contribution is -3.12. The van der Waals surface area contributed by atoms with Crippen molar-refractivity contribution >= 4 is 34.5 Å². The summed E-state index contributed by atoms with van der Waals surface area (Å²) in [7, 11) is 3.60. The number of aryl methyl sites for hydroxylation is 1. The minimum atomic E-state index is -0.194. The van der Waals surface area contributed by atoms with Gasteiger partial charge in [0.15, 0.2) is 6.04 Å². The predicted octanol–water partition coefficient (Wildman–Crippen LogP) is 2.76. The fourth-order valence-electron chi connectivity index (χ4n) is 2.23. The predicted molar refractivity (Wildman–Crippen MR) is 95.7 cm³/mol. The number of hydrogen-bond acceptors (Lipinski definition) is 3. The molecule has 0 saturated carbocycles. The van der Waals surface area contributed by atoms with E-state index in [0.29, 0.717) is 16.5 Å². The van der Waals surface area contributed by atoms with Crippen LogP contribution in [0, 0.1) is 6.92 Å². The summed E-state index contributed by atoms with van der Waals surface area (Å²) >= 11 is 7.73. The molecule has 2 N–H and O–H groups in total. The molecule has 0 spiro atoms. The molecular weight excluding hydrogens is 332 g/mol. The molecule has 0 aliphatic rings. The van der Waals surface area contributed by atoms with Gasteiger partial charge in [-0.3, -0.25) is 4.79 Å². The summed E-state index contributed by atoms with van der Waals surface area (Å²) in [6.07, 6.45) is 0. The van der Waals surface area contributed by atoms with Gasteiger partial charge in [0.05, 0.1) is 24.7 Å². The van der Waals surface area contributed by atoms with Crippen LogP contribution in [0.25, 0.3) is 0 Å². The van der Waals surface area contributed by atoms with Gasteiger partial charge in [0.1, 0.15) is 12.3 Å². The fourth-order valence-corrected chi connectivity index (χ4v) is 3.41. The molecule has 0 radical (unpaired) electrons. The average molecular weight is 354 g/mol. The Labute approximate surface area is 146 Å². The molecule has 23 heavy (non-hydrogen) atoms. The minimum absolute atomic E-state index is 0.0581. The first-order chi connectivity index (χ1) is 10.9. The summed E-state index contributed by atoms with van der Waals surface area (Å²) in [5.74, 6) is 0.541. The first-order valence-electron chi connectivity index (χ1n) is 7.42. The maximum atomic E-state index is 12.5. The molecule has 1 aromatic carbocycles. The number of thiophene rings is 1. The number of halogens is 1. The number of methoxy groups -OCH3 is 1. The monoisotopic (exact) mass is 353 g/mol. The number of hydrogen-bond donors (Lipinski definition) is 2. The van der Waals surface area contributed by atoms with Crippen LogP contribution in [0.15, 0.2) is 29.6 Å². The van der Waals surface area contributed by atoms with E-state index >= 15 is 0 Å². The molecule has 2 atom stereocenters. The third-order valence-electron chi connectivity index (χ3n) is 3.96. The van der Waals surface area contributed by atoms with E-state index in [0.717, 1.165) is 11.4 Å². The third kappa shape index (κ3) is 4.47. The van der Waals surface area contributed by atoms with Crippen molar-refractivity contribution in [2.24, 2.45) is 0 Å². The third-order valence-corrected chi connectivity index (χ3v) is 5.22. The largest absolute Gasteiger partial charge is 0.495 e. The van der Waals surface area contributed by atoms with Crippen molar-refractivity contribution < 1.29 is 14.4 Å². The summed E-state index contributed by atoms with van der Waals surface area (Å²) in [5, 5.41) is 5.55. The second-order valence-electron chi connectivity index (χ2n) is 5.61. The molecule has 0 aliphatic heterocycles. The molecule has 4 nitrogen and oxygen atoms in total. The molecule has 2 aromatic rings. The van der Waals surface area contributed by atoms with E-state index in [9.17, 15) is 4.79 Å². The number of ether oxygens (including phenoxy) is 1. The number of anilines is 1. The van der Waals surface area contributed by atoms with E-state index in [1.165, 1.54) is 10.4 Å². The van der Waals surface area contributed by atoms with Crippen LogP contribution in [-0.4, -0.2) is 26.1 Å². The lowest BCUT2D eigenvalue weighted by Gasteiger charge is -2.21. The van der Waals surface area contributed by atoms with Gasteiger partial charge in [-0.2, -0.15) is 0 Å². The maximum Gasteiger partial charge on any atom is 0.282 e. The number of rotatable bonds is 6. The van der Waals surface area contributed by atoms with Gasteiger partial charge in [-0.25, -0.2) is 0 Å². The number of carbonyl (C=O) groups is 1. The van der Waals surface area contributed by atoms with E-state index in [-0.39, 0.29) is 11.9 Å². The van der Waals surface area contributed by atoms with Gasteiger partial charge in [0.25, 0.3) is 5.91 Å². The van der Waals surface area contributed by atoms with Crippen LogP contribution >= 0.6 is 22.9 Å². The Morgan fingerprint density at radius 3 is 2.78 bits per heavy atom. The second kappa shape index (κ2) is 7.81. The standard InChI is InChI=1S/C17H21ClN2O2S/c1-11-7-8-23-16(11)10-20(3)12(2)17(21)19-14-9-13(18)5-6-15(14)22-4/h5-9,12H,10H2,1-4H3,(H,19,21)/p+1/t12-/m1/s1. The van der Waals surface area contributed by atoms with Gasteiger partial charge in [-0.05, 0) is 49.1 Å². The molecule has 1 amide bonds. The number of amides is 1. The normalized spacial score (nSPS) is 13.4. The fraction of sp³-hybridized carbons (Fsp3) is 0.353. The van der Waals surface area contributed by atoms with Crippen molar-refractivity contribution in [1.82, 2.24) is 0 Å². The number of likely N-dealkylation sites (N-methyl/N-ethyl adjacent to an activating group) is 1. The Kier molecular flexibility index (Phi) is 6.04. The van der Waals surface area contributed by atoms with Crippen molar-refractivity contribution in [3.05, 3.63) is 45.1 Å². The van der Waals surface area contributed by atoms with Crippen molar-refractivity contribution in [3.63, 3.8) is 0 Å². The highest BCUT2D eigenvalue weighted by atomic mass is 35.5. The maximum absolute atomic E-state index is 12.5. The van der Waals surface area contributed by atoms with Crippen molar-refractivity contribution in [1.29, 1.82) is 0 Å². The average Bonchev–Trinajstić information content (AvgIpc) is 2.91. The highest BCUT2D eigenvalue weighted by Gasteiger charge is 2.23. The zero-order valence-corrected chi connectivity index (χ0v) is 15.3. The molecule has 0 bridgehead atoms. The zero-order valence-electron chi connectivity index (χ0n) is 13.8. The second-order valence-corrected chi connectivity index (χ2v) is 7.04. The minimum Gasteiger partial charge on any atom is -0.495 e. The SMILES string of the molecule is COc1ccc(Cl)cc1NC(=O)[C@@H](C)[NH+](C)Cc1sccc1C. The van der Waals surface area contributed by atoms with Gasteiger partial charge >= 0.3 is 0 Å². The van der Waals surface area contributed by atoms with Gasteiger partial charge in [0.2, 0.25) is 0 Å². The number of carbonyl (C=O) groups excluding carboxylic acids is 1. The molecule has 1 aromatic heterocycles. The summed E-state index contributed by atoms with van der Waals surface area (Å²) in [4.78, 5) is 15.0. The lowest BCUT2D eigenvalue weighted by atomic mass is 10.2. The molecule has 2 rings (SSSR count). The van der Waals surface area contributed by atoms with Crippen molar-refractivity contribution in [2.45, 2.75) is 26.4 Å². The summed E-state index contributed by atoms with van der Waals surface area (Å²) in [6, 6.07) is 7.09. The van der Waals surface area contributed by atoms with E-state index in [1.54, 1.807) is 36.6 Å². The van der Waals surface area contributed by atoms with E-state index in [4.69, 9.17) is 16.3 Å². The highest BCUT2D eigenvalue weighted by molar-refractivity contribution is 7.10. The molecular formula is C17H22ClN2O2S+. The van der Waals surface area contributed by atoms with Crippen molar-refractivity contribution in [3.8, 4) is 5.75 Å². The Bertz CT molecular complexity index is 687. The van der Waals surface area contributed by atoms with Crippen LogP contribution in [-0.2, 0) is 11.3 Å². The molecule has 1 unspecified atom stereocenters. The van der Waals surface area contributed by atoms with Gasteiger partial charge < -0.3 is 15.0 Å². The first kappa shape index (κ1) is 17.8. The first-order valence-corrected chi connectivity index (χ1v) is 8.67. The molecule has 0 aliphatic carbocycles. The van der Waals surface area contributed by atoms with Crippen LogP contribution in [0.4, 0.5) is 5.69 Å². The Morgan fingerprint density at radius 1 is 1.43 bits per heavy atom. The smallest absolute Gasteiger partial charge is 0.282 e. The molecule has 1 heterocycles. The van der Waals surface area contributed by atoms with Crippen LogP contribution < -0.4 is 15.0 Å². The zero-order chi connectivity index (χ0) is 17.0. The van der Waals surface area contributed by atoms with Crippen LogP contribution in [0.1, 0.15) is 17.4 Å². The van der Waals surface area contributed by atoms with E-state index in [1.807, 2.05) is 14.0 Å². The topological polar surface area (TPSA) is 42.8 Å². The Hall–Kier alpha value is -1.56. The summed E-state index contributed by atoms with van der Waals surface area (Å²) in [5.41, 5.74) is 1.87. The van der Waals surface area contributed by atoms with Crippen LogP contribution in [0.5, 0.6) is 5.75 Å². The van der Waals surface area contributed by atoms with Crippen molar-refractivity contribution in [2.75, 3.05) is 19.5 Å². The molecule has 0 fully saturated rings. The van der Waals surface area contributed by atoms with Crippen LogP contribution in [0.3, 0.4) is 0 Å². The lowest BCUT2D eigenvalue weighted by molar-refractivity contribution is -0.907. The van der Waals surface area contributed by atoms with Gasteiger partial charge in [0, 0.05) is 5.02 Å². The van der Waals surface area contributed by atoms with E-state index < -0.39 is 0 Å². The molecule has 0 saturated heterocycles.